The average molecular weight is 507 g/mol. The minimum Gasteiger partial charge on any atom is -0.469 e. The molecule has 0 spiro atoms. The van der Waals surface area contributed by atoms with E-state index in [-0.39, 0.29) is 12.2 Å². The normalized spacial score (nSPS) is 41.2. The molecule has 0 unspecified atom stereocenters. The SMILES string of the molecule is COC(=O)[C@H]1[C@](C)(C(=O)[C@](C)(O)C(=O)OC)C(C)=C[C@H]2[C@]3(C)CCC(=O)C(C)(C)[C@H]3C(=O)[C@@H](O)[C@]12C. The number of allylic oxidation sites excluding steroid dienone is 2. The Bertz CT molecular complexity index is 1070. The van der Waals surface area contributed by atoms with Gasteiger partial charge in [0.1, 0.15) is 11.9 Å². The molecule has 2 fully saturated rings. The van der Waals surface area contributed by atoms with E-state index < -0.39 is 74.6 Å². The lowest BCUT2D eigenvalue weighted by molar-refractivity contribution is -0.211. The van der Waals surface area contributed by atoms with Crippen molar-refractivity contribution < 1.29 is 43.7 Å². The van der Waals surface area contributed by atoms with Crippen molar-refractivity contribution in [2.24, 2.45) is 39.4 Å². The lowest BCUT2D eigenvalue weighted by Crippen LogP contribution is -2.72. The molecular formula is C27H38O9. The highest BCUT2D eigenvalue weighted by Gasteiger charge is 2.74. The number of hydrogen-bond acceptors (Lipinski definition) is 9. The smallest absolute Gasteiger partial charge is 0.345 e. The van der Waals surface area contributed by atoms with Crippen molar-refractivity contribution in [1.29, 1.82) is 0 Å². The lowest BCUT2D eigenvalue weighted by atomic mass is 9.36. The third-order valence-corrected chi connectivity index (χ3v) is 9.88. The van der Waals surface area contributed by atoms with Crippen molar-refractivity contribution >= 4 is 29.3 Å². The van der Waals surface area contributed by atoms with Gasteiger partial charge >= 0.3 is 11.9 Å². The van der Waals surface area contributed by atoms with E-state index in [1.54, 1.807) is 33.8 Å². The number of aliphatic hydroxyl groups excluding tert-OH is 1. The van der Waals surface area contributed by atoms with Crippen LogP contribution in [-0.4, -0.2) is 65.4 Å². The molecule has 36 heavy (non-hydrogen) atoms. The second-order valence-electron chi connectivity index (χ2n) is 12.1. The van der Waals surface area contributed by atoms with Gasteiger partial charge in [-0.1, -0.05) is 39.3 Å². The fourth-order valence-electron chi connectivity index (χ4n) is 7.89. The quantitative estimate of drug-likeness (QED) is 0.331. The van der Waals surface area contributed by atoms with E-state index in [0.717, 1.165) is 21.1 Å². The molecule has 9 heteroatoms. The summed E-state index contributed by atoms with van der Waals surface area (Å²) in [4.78, 5) is 66.5. The molecule has 0 aliphatic heterocycles. The largest absolute Gasteiger partial charge is 0.469 e. The number of hydrogen-bond donors (Lipinski definition) is 2. The van der Waals surface area contributed by atoms with Gasteiger partial charge in [-0.2, -0.15) is 0 Å². The summed E-state index contributed by atoms with van der Waals surface area (Å²) in [6, 6.07) is 0. The van der Waals surface area contributed by atoms with Crippen molar-refractivity contribution in [1.82, 2.24) is 0 Å². The highest BCUT2D eigenvalue weighted by Crippen LogP contribution is 2.69. The summed E-state index contributed by atoms with van der Waals surface area (Å²) < 4.78 is 9.75. The van der Waals surface area contributed by atoms with E-state index in [1.807, 2.05) is 6.92 Å². The average Bonchev–Trinajstić information content (AvgIpc) is 2.81. The Morgan fingerprint density at radius 3 is 2.11 bits per heavy atom. The van der Waals surface area contributed by atoms with E-state index in [0.29, 0.717) is 12.0 Å². The van der Waals surface area contributed by atoms with Crippen LogP contribution in [0.3, 0.4) is 0 Å². The zero-order valence-corrected chi connectivity index (χ0v) is 22.6. The highest BCUT2D eigenvalue weighted by atomic mass is 16.5. The molecule has 0 radical (unpaired) electrons. The maximum absolute atomic E-state index is 13.9. The van der Waals surface area contributed by atoms with Crippen molar-refractivity contribution in [2.75, 3.05) is 14.2 Å². The second-order valence-corrected chi connectivity index (χ2v) is 12.1. The molecule has 200 valence electrons. The van der Waals surface area contributed by atoms with Crippen LogP contribution in [0.15, 0.2) is 11.6 Å². The Balaban J connectivity index is 2.37. The number of carbonyl (C=O) groups is 5. The molecular weight excluding hydrogens is 468 g/mol. The van der Waals surface area contributed by atoms with Crippen LogP contribution in [0.4, 0.5) is 0 Å². The number of methoxy groups -OCH3 is 2. The van der Waals surface area contributed by atoms with Crippen LogP contribution in [0, 0.1) is 39.4 Å². The van der Waals surface area contributed by atoms with Gasteiger partial charge in [0.15, 0.2) is 11.6 Å². The summed E-state index contributed by atoms with van der Waals surface area (Å²) in [6.45, 7) is 10.9. The zero-order chi connectivity index (χ0) is 27.8. The first-order chi connectivity index (χ1) is 16.3. The number of Topliss-reactive ketones (excluding diaryl/α,β-unsaturated/α-hetero) is 3. The van der Waals surface area contributed by atoms with Crippen molar-refractivity contribution in [3.8, 4) is 0 Å². The minimum absolute atomic E-state index is 0.0655. The first-order valence-electron chi connectivity index (χ1n) is 12.2. The summed E-state index contributed by atoms with van der Waals surface area (Å²) in [5.41, 5.74) is -7.41. The maximum atomic E-state index is 13.9. The van der Waals surface area contributed by atoms with Gasteiger partial charge in [0.05, 0.1) is 25.6 Å². The van der Waals surface area contributed by atoms with Crippen LogP contribution in [0.1, 0.15) is 61.3 Å². The van der Waals surface area contributed by atoms with Crippen LogP contribution >= 0.6 is 0 Å². The molecule has 9 nitrogen and oxygen atoms in total. The van der Waals surface area contributed by atoms with E-state index >= 15 is 0 Å². The molecule has 2 saturated carbocycles. The molecule has 3 aliphatic carbocycles. The van der Waals surface area contributed by atoms with Crippen LogP contribution in [-0.2, 0) is 33.4 Å². The number of rotatable bonds is 4. The number of carbonyl (C=O) groups excluding carboxylic acids is 5. The highest BCUT2D eigenvalue weighted by molar-refractivity contribution is 6.11. The number of esters is 2. The Hall–Kier alpha value is -2.39. The molecule has 0 heterocycles. The first kappa shape index (κ1) is 28.2. The van der Waals surface area contributed by atoms with E-state index in [2.05, 4.69) is 4.74 Å². The molecule has 8 atom stereocenters. The predicted octanol–water partition coefficient (Wildman–Crippen LogP) is 1.81. The van der Waals surface area contributed by atoms with Gasteiger partial charge in [-0.15, -0.1) is 0 Å². The minimum atomic E-state index is -2.61. The summed E-state index contributed by atoms with van der Waals surface area (Å²) in [5, 5.41) is 22.5. The topological polar surface area (TPSA) is 144 Å². The van der Waals surface area contributed by atoms with Gasteiger partial charge in [-0.05, 0) is 38.5 Å². The molecule has 0 saturated heterocycles. The van der Waals surface area contributed by atoms with E-state index in [1.165, 1.54) is 6.92 Å². The third-order valence-electron chi connectivity index (χ3n) is 9.88. The molecule has 0 aromatic carbocycles. The predicted molar refractivity (Wildman–Crippen MR) is 127 cm³/mol. The van der Waals surface area contributed by atoms with Crippen molar-refractivity contribution in [2.45, 2.75) is 73.0 Å². The van der Waals surface area contributed by atoms with Crippen molar-refractivity contribution in [3.63, 3.8) is 0 Å². The maximum Gasteiger partial charge on any atom is 0.345 e. The van der Waals surface area contributed by atoms with Crippen molar-refractivity contribution in [3.05, 3.63) is 11.6 Å². The molecule has 3 aliphatic rings. The summed E-state index contributed by atoms with van der Waals surface area (Å²) in [7, 11) is 2.17. The van der Waals surface area contributed by atoms with Gasteiger partial charge in [0.2, 0.25) is 5.60 Å². The molecule has 0 aromatic heterocycles. The summed E-state index contributed by atoms with van der Waals surface area (Å²) in [5.74, 6) is -6.51. The number of ketones is 3. The summed E-state index contributed by atoms with van der Waals surface area (Å²) in [6.07, 6.45) is 0.661. The number of ether oxygens (including phenoxy) is 2. The lowest BCUT2D eigenvalue weighted by Gasteiger charge is -2.66. The van der Waals surface area contributed by atoms with Crippen LogP contribution in [0.25, 0.3) is 0 Å². The van der Waals surface area contributed by atoms with Gasteiger partial charge in [0, 0.05) is 23.2 Å². The second kappa shape index (κ2) is 8.31. The third kappa shape index (κ3) is 3.24. The standard InChI is InChI=1S/C27H38O9/c1-13-12-14-24(4)11-10-15(28)23(2,3)17(24)16(29)19(30)26(14,6)18(20(31)35-8)25(13,5)21(32)27(7,34)22(33)36-9/h12,14,17-19,30,34H,10-11H2,1-9H3/t14-,17+,18-,19+,24-,25+,26-,27-/m0/s1. The van der Waals surface area contributed by atoms with Gasteiger partial charge in [0.25, 0.3) is 0 Å². The Kier molecular flexibility index (Phi) is 6.51. The zero-order valence-electron chi connectivity index (χ0n) is 22.6. The first-order valence-corrected chi connectivity index (χ1v) is 12.2. The van der Waals surface area contributed by atoms with Gasteiger partial charge in [-0.3, -0.25) is 19.2 Å². The van der Waals surface area contributed by atoms with Crippen LogP contribution in [0.5, 0.6) is 0 Å². The monoisotopic (exact) mass is 506 g/mol. The molecule has 0 amide bonds. The molecule has 3 rings (SSSR count). The fraction of sp³-hybridized carbons (Fsp3) is 0.741. The Labute approximate surface area is 211 Å². The number of fused-ring (bicyclic) bond motifs is 3. The van der Waals surface area contributed by atoms with E-state index in [4.69, 9.17) is 4.74 Å². The molecule has 0 aromatic rings. The van der Waals surface area contributed by atoms with Gasteiger partial charge in [-0.25, -0.2) is 4.79 Å². The van der Waals surface area contributed by atoms with Crippen LogP contribution < -0.4 is 0 Å². The number of aliphatic hydroxyl groups is 2. The summed E-state index contributed by atoms with van der Waals surface area (Å²) >= 11 is 0. The Morgan fingerprint density at radius 1 is 1.06 bits per heavy atom. The van der Waals surface area contributed by atoms with E-state index in [9.17, 15) is 34.2 Å². The molecule has 2 N–H and O–H groups in total. The molecule has 0 bridgehead atoms. The van der Waals surface area contributed by atoms with Gasteiger partial charge < -0.3 is 19.7 Å². The van der Waals surface area contributed by atoms with Crippen LogP contribution in [0.2, 0.25) is 0 Å². The Morgan fingerprint density at radius 2 is 1.61 bits per heavy atom. The fourth-order valence-corrected chi connectivity index (χ4v) is 7.89.